The lowest BCUT2D eigenvalue weighted by Crippen LogP contribution is -2.55. The number of nitrogens with zero attached hydrogens (tertiary/aromatic N) is 4. The number of carbonyl (C=O) groups is 2. The second-order valence-electron chi connectivity index (χ2n) is 12.0. The Morgan fingerprint density at radius 3 is 2.58 bits per heavy atom. The van der Waals surface area contributed by atoms with E-state index in [1.165, 1.54) is 17.0 Å². The highest BCUT2D eigenvalue weighted by Gasteiger charge is 2.52. The maximum absolute atomic E-state index is 15.2. The van der Waals surface area contributed by atoms with Crippen LogP contribution in [-0.4, -0.2) is 70.7 Å². The average Bonchev–Trinajstić information content (AvgIpc) is 3.50. The Labute approximate surface area is 234 Å². The Balaban J connectivity index is 1.45. The summed E-state index contributed by atoms with van der Waals surface area (Å²) in [6, 6.07) is 8.17. The van der Waals surface area contributed by atoms with Gasteiger partial charge in [0.2, 0.25) is 5.91 Å². The quantitative estimate of drug-likeness (QED) is 0.538. The molecule has 2 aromatic rings. The second kappa shape index (κ2) is 11.8. The molecule has 10 heteroatoms. The monoisotopic (exact) mass is 551 g/mol. The van der Waals surface area contributed by atoms with Crippen molar-refractivity contribution in [3.63, 3.8) is 0 Å². The number of hydrogen-bond donors (Lipinski definition) is 1. The first-order valence-electron chi connectivity index (χ1n) is 13.7. The number of benzene rings is 1. The number of aromatic nitrogens is 1. The molecule has 2 aliphatic rings. The average molecular weight is 552 g/mol. The Kier molecular flexibility index (Phi) is 8.64. The van der Waals surface area contributed by atoms with Crippen molar-refractivity contribution in [1.82, 2.24) is 19.7 Å². The van der Waals surface area contributed by atoms with Crippen molar-refractivity contribution >= 4 is 12.0 Å². The van der Waals surface area contributed by atoms with Gasteiger partial charge in [-0.3, -0.25) is 14.5 Å². The summed E-state index contributed by atoms with van der Waals surface area (Å²) < 4.78 is 22.3. The molecule has 1 aliphatic heterocycles. The summed E-state index contributed by atoms with van der Waals surface area (Å²) in [5, 5.41) is 12.5. The molecule has 2 amide bonds. The molecule has 2 bridgehead atoms. The maximum atomic E-state index is 15.2. The normalized spacial score (nSPS) is 20.9. The number of amides is 2. The molecule has 1 N–H and O–H groups in total. The van der Waals surface area contributed by atoms with Crippen molar-refractivity contribution in [3.8, 4) is 17.2 Å². The van der Waals surface area contributed by atoms with Crippen LogP contribution in [0.3, 0.4) is 0 Å². The van der Waals surface area contributed by atoms with E-state index in [9.17, 15) is 19.6 Å². The predicted molar refractivity (Wildman–Crippen MR) is 149 cm³/mol. The lowest BCUT2D eigenvalue weighted by molar-refractivity contribution is -0.128. The topological polar surface area (TPSA) is 108 Å². The molecule has 1 saturated heterocycles. The summed E-state index contributed by atoms with van der Waals surface area (Å²) in [6.45, 7) is 6.54. The van der Waals surface area contributed by atoms with E-state index in [1.54, 1.807) is 49.7 Å². The lowest BCUT2D eigenvalue weighted by atomic mass is 9.97. The van der Waals surface area contributed by atoms with E-state index in [2.05, 4.69) is 11.4 Å². The van der Waals surface area contributed by atoms with Crippen LogP contribution in [0, 0.1) is 23.1 Å². The van der Waals surface area contributed by atoms with Gasteiger partial charge in [0, 0.05) is 37.8 Å². The highest BCUT2D eigenvalue weighted by molar-refractivity contribution is 5.87. The summed E-state index contributed by atoms with van der Waals surface area (Å²) in [4.78, 5) is 41.9. The summed E-state index contributed by atoms with van der Waals surface area (Å²) in [5.74, 6) is -0.913. The van der Waals surface area contributed by atoms with Gasteiger partial charge in [-0.1, -0.05) is 12.1 Å². The molecule has 0 unspecified atom stereocenters. The zero-order chi connectivity index (χ0) is 29.2. The highest BCUT2D eigenvalue weighted by Crippen LogP contribution is 2.43. The minimum absolute atomic E-state index is 0.00822. The van der Waals surface area contributed by atoms with Crippen LogP contribution in [0.2, 0.25) is 0 Å². The number of nitrogens with one attached hydrogen (secondary N) is 1. The largest absolute Gasteiger partial charge is 0.444 e. The zero-order valence-electron chi connectivity index (χ0n) is 23.8. The molecule has 1 aromatic heterocycles. The Morgan fingerprint density at radius 1 is 1.20 bits per heavy atom. The molecule has 2 heterocycles. The summed E-state index contributed by atoms with van der Waals surface area (Å²) in [6.07, 6.45) is 3.54. The van der Waals surface area contributed by atoms with Crippen molar-refractivity contribution < 1.29 is 18.7 Å². The number of rotatable bonds is 8. The number of likely N-dealkylation sites (tertiary alicyclic amines) is 1. The molecule has 0 radical (unpaired) electrons. The molecule has 0 spiro atoms. The van der Waals surface area contributed by atoms with E-state index in [4.69, 9.17) is 4.74 Å². The minimum atomic E-state index is -0.972. The first-order valence-corrected chi connectivity index (χ1v) is 13.7. The van der Waals surface area contributed by atoms with E-state index < -0.39 is 35.5 Å². The number of ether oxygens (including phenoxy) is 1. The van der Waals surface area contributed by atoms with Gasteiger partial charge in [-0.25, -0.2) is 9.18 Å². The Morgan fingerprint density at radius 2 is 1.93 bits per heavy atom. The molecule has 9 nitrogen and oxygen atoms in total. The van der Waals surface area contributed by atoms with Gasteiger partial charge in [0.15, 0.2) is 0 Å². The molecule has 2 fully saturated rings. The van der Waals surface area contributed by atoms with Gasteiger partial charge < -0.3 is 19.5 Å². The van der Waals surface area contributed by atoms with Crippen LogP contribution in [0.25, 0.3) is 11.1 Å². The van der Waals surface area contributed by atoms with E-state index in [0.717, 1.165) is 19.3 Å². The van der Waals surface area contributed by atoms with E-state index in [-0.39, 0.29) is 29.5 Å². The van der Waals surface area contributed by atoms with Crippen LogP contribution in [-0.2, 0) is 22.5 Å². The maximum Gasteiger partial charge on any atom is 0.411 e. The minimum Gasteiger partial charge on any atom is -0.444 e. The van der Waals surface area contributed by atoms with Gasteiger partial charge in [0.1, 0.15) is 23.5 Å². The molecular weight excluding hydrogens is 513 g/mol. The van der Waals surface area contributed by atoms with Gasteiger partial charge in [-0.2, -0.15) is 5.26 Å². The predicted octanol–water partition coefficient (Wildman–Crippen LogP) is 3.55. The van der Waals surface area contributed by atoms with Crippen molar-refractivity contribution in [1.29, 1.82) is 5.26 Å². The summed E-state index contributed by atoms with van der Waals surface area (Å²) in [7, 11) is 3.85. The van der Waals surface area contributed by atoms with Crippen LogP contribution < -0.4 is 10.9 Å². The van der Waals surface area contributed by atoms with Gasteiger partial charge in [0.05, 0.1) is 6.07 Å². The molecule has 4 rings (SSSR count). The number of pyridine rings is 1. The SMILES string of the molecule is CN(C)CCn1cc(-c2ccc(C[C@@H](C#N)NC(=O)[C@@H]3[C@H]4CC[C@H](C4)N3C(=O)OC(C)(C)C)c(F)c2)ccc1=O. The molecule has 4 atom stereocenters. The summed E-state index contributed by atoms with van der Waals surface area (Å²) >= 11 is 0. The van der Waals surface area contributed by atoms with Gasteiger partial charge in [-0.05, 0) is 88.9 Å². The molecular formula is C30H38FN5O4. The number of fused-ring (bicyclic) bond motifs is 2. The van der Waals surface area contributed by atoms with Crippen molar-refractivity contribution in [3.05, 3.63) is 58.3 Å². The standard InChI is InChI=1S/C30H38FN5O4/c1-30(2,3)40-29(39)36-24-10-8-21(15-24)27(36)28(38)33-23(17-32)14-20-7-6-19(16-25(20)31)22-9-11-26(37)35(18-22)13-12-34(4)5/h6-7,9,11,16,18,21,23-24,27H,8,10,12-15H2,1-5H3,(H,33,38)/t21-,23-,24+,27-/m0/s1. The number of piperidine rings is 1. The van der Waals surface area contributed by atoms with Gasteiger partial charge in [-0.15, -0.1) is 0 Å². The van der Waals surface area contributed by atoms with Crippen LogP contribution in [0.15, 0.2) is 41.3 Å². The highest BCUT2D eigenvalue weighted by atomic mass is 19.1. The molecule has 1 aliphatic carbocycles. The summed E-state index contributed by atoms with van der Waals surface area (Å²) in [5.41, 5.74) is 0.770. The number of carbonyl (C=O) groups excluding carboxylic acids is 2. The smallest absolute Gasteiger partial charge is 0.411 e. The fourth-order valence-corrected chi connectivity index (χ4v) is 5.59. The number of nitriles is 1. The third-order valence-corrected chi connectivity index (χ3v) is 7.51. The second-order valence-corrected chi connectivity index (χ2v) is 12.0. The van der Waals surface area contributed by atoms with E-state index >= 15 is 4.39 Å². The van der Waals surface area contributed by atoms with Crippen LogP contribution in [0.5, 0.6) is 0 Å². The first-order chi connectivity index (χ1) is 18.9. The van der Waals surface area contributed by atoms with Gasteiger partial charge in [0.25, 0.3) is 5.56 Å². The Bertz CT molecular complexity index is 1360. The molecule has 214 valence electrons. The van der Waals surface area contributed by atoms with Crippen molar-refractivity contribution in [2.24, 2.45) is 5.92 Å². The number of hydrogen-bond acceptors (Lipinski definition) is 6. The molecule has 40 heavy (non-hydrogen) atoms. The van der Waals surface area contributed by atoms with E-state index in [1.807, 2.05) is 19.0 Å². The van der Waals surface area contributed by atoms with Crippen LogP contribution in [0.1, 0.15) is 45.6 Å². The fourth-order valence-electron chi connectivity index (χ4n) is 5.59. The molecule has 1 aromatic carbocycles. The Hall–Kier alpha value is -3.71. The van der Waals surface area contributed by atoms with Crippen molar-refractivity contribution in [2.45, 2.75) is 76.7 Å². The van der Waals surface area contributed by atoms with Gasteiger partial charge >= 0.3 is 6.09 Å². The number of halogens is 1. The fraction of sp³-hybridized carbons (Fsp3) is 0.533. The zero-order valence-corrected chi connectivity index (χ0v) is 23.8. The third-order valence-electron chi connectivity index (χ3n) is 7.51. The van der Waals surface area contributed by atoms with Crippen LogP contribution in [0.4, 0.5) is 9.18 Å². The van der Waals surface area contributed by atoms with Crippen LogP contribution >= 0.6 is 0 Å². The van der Waals surface area contributed by atoms with Crippen molar-refractivity contribution in [2.75, 3.05) is 20.6 Å². The third kappa shape index (κ3) is 6.70. The first kappa shape index (κ1) is 29.3. The number of likely N-dealkylation sites (N-methyl/N-ethyl adjacent to an activating group) is 1. The molecule has 1 saturated carbocycles. The van der Waals surface area contributed by atoms with E-state index in [0.29, 0.717) is 24.2 Å². The lowest BCUT2D eigenvalue weighted by Gasteiger charge is -2.35.